The summed E-state index contributed by atoms with van der Waals surface area (Å²) in [6.45, 7) is 3.51. The zero-order valence-corrected chi connectivity index (χ0v) is 10.2. The van der Waals surface area contributed by atoms with Gasteiger partial charge in [-0.1, -0.05) is 15.9 Å². The second-order valence-corrected chi connectivity index (χ2v) is 5.09. The molecule has 1 N–H and O–H groups in total. The molecule has 2 rings (SSSR count). The van der Waals surface area contributed by atoms with Gasteiger partial charge in [-0.2, -0.15) is 0 Å². The summed E-state index contributed by atoms with van der Waals surface area (Å²) in [4.78, 5) is 0. The number of hydrogen-bond donors (Lipinski definition) is 1. The van der Waals surface area contributed by atoms with Crippen LogP contribution in [0.25, 0.3) is 5.65 Å². The van der Waals surface area contributed by atoms with Crippen molar-refractivity contribution < 1.29 is 5.11 Å². The van der Waals surface area contributed by atoms with Crippen molar-refractivity contribution in [1.29, 1.82) is 0 Å². The predicted octanol–water partition coefficient (Wildman–Crippen LogP) is 1.81. The maximum Gasteiger partial charge on any atom is 0.161 e. The van der Waals surface area contributed by atoms with Crippen molar-refractivity contribution in [3.8, 4) is 0 Å². The minimum atomic E-state index is -0.768. The van der Waals surface area contributed by atoms with E-state index in [0.717, 1.165) is 15.9 Å². The van der Waals surface area contributed by atoms with Gasteiger partial charge in [0.15, 0.2) is 5.65 Å². The molecule has 4 nitrogen and oxygen atoms in total. The third-order valence-corrected chi connectivity index (χ3v) is 2.53. The molecule has 2 heterocycles. The summed E-state index contributed by atoms with van der Waals surface area (Å²) in [6, 6.07) is 3.81. The van der Waals surface area contributed by atoms with E-state index >= 15 is 0 Å². The molecule has 2 aromatic rings. The first-order valence-electron chi connectivity index (χ1n) is 4.67. The lowest BCUT2D eigenvalue weighted by Gasteiger charge is -2.14. The lowest BCUT2D eigenvalue weighted by atomic mass is 10.1. The van der Waals surface area contributed by atoms with E-state index in [2.05, 4.69) is 26.1 Å². The van der Waals surface area contributed by atoms with Crippen LogP contribution < -0.4 is 0 Å². The monoisotopic (exact) mass is 269 g/mol. The van der Waals surface area contributed by atoms with Crippen LogP contribution in [0, 0.1) is 0 Å². The summed E-state index contributed by atoms with van der Waals surface area (Å²) in [7, 11) is 0. The molecule has 0 unspecified atom stereocenters. The Bertz CT molecular complexity index is 487. The van der Waals surface area contributed by atoms with Crippen LogP contribution in [-0.2, 0) is 6.42 Å². The van der Waals surface area contributed by atoms with Gasteiger partial charge in [-0.25, -0.2) is 0 Å². The lowest BCUT2D eigenvalue weighted by Crippen LogP contribution is -2.23. The normalized spacial score (nSPS) is 12.3. The largest absolute Gasteiger partial charge is 0.390 e. The van der Waals surface area contributed by atoms with Crippen LogP contribution in [0.4, 0.5) is 0 Å². The van der Waals surface area contributed by atoms with Crippen LogP contribution >= 0.6 is 15.9 Å². The van der Waals surface area contributed by atoms with Crippen LogP contribution in [0.3, 0.4) is 0 Å². The average molecular weight is 270 g/mol. The smallest absolute Gasteiger partial charge is 0.161 e. The summed E-state index contributed by atoms with van der Waals surface area (Å²) < 4.78 is 2.85. The van der Waals surface area contributed by atoms with E-state index in [4.69, 9.17) is 0 Å². The van der Waals surface area contributed by atoms with Crippen molar-refractivity contribution >= 4 is 21.6 Å². The van der Waals surface area contributed by atoms with E-state index < -0.39 is 5.60 Å². The Morgan fingerprint density at radius 3 is 2.87 bits per heavy atom. The highest BCUT2D eigenvalue weighted by Crippen LogP contribution is 2.15. The van der Waals surface area contributed by atoms with Gasteiger partial charge in [0.2, 0.25) is 0 Å². The summed E-state index contributed by atoms with van der Waals surface area (Å²) >= 11 is 3.37. The molecule has 2 aromatic heterocycles. The molecule has 0 saturated heterocycles. The second kappa shape index (κ2) is 3.57. The Labute approximate surface area is 96.1 Å². The lowest BCUT2D eigenvalue weighted by molar-refractivity contribution is 0.0785. The number of aromatic nitrogens is 3. The van der Waals surface area contributed by atoms with Gasteiger partial charge in [-0.05, 0) is 26.0 Å². The van der Waals surface area contributed by atoms with E-state index in [1.807, 2.05) is 22.7 Å². The Kier molecular flexibility index (Phi) is 2.52. The first-order chi connectivity index (χ1) is 6.96. The highest BCUT2D eigenvalue weighted by atomic mass is 79.9. The van der Waals surface area contributed by atoms with Crippen molar-refractivity contribution in [3.05, 3.63) is 28.6 Å². The van der Waals surface area contributed by atoms with Crippen molar-refractivity contribution in [2.45, 2.75) is 25.9 Å². The van der Waals surface area contributed by atoms with E-state index in [0.29, 0.717) is 6.42 Å². The molecule has 0 aliphatic rings. The van der Waals surface area contributed by atoms with Crippen LogP contribution in [0.2, 0.25) is 0 Å². The number of pyridine rings is 1. The average Bonchev–Trinajstić information content (AvgIpc) is 2.45. The molecule has 0 aromatic carbocycles. The van der Waals surface area contributed by atoms with Gasteiger partial charge in [0.1, 0.15) is 5.82 Å². The molecule has 0 radical (unpaired) electrons. The van der Waals surface area contributed by atoms with Crippen molar-refractivity contribution in [2.24, 2.45) is 0 Å². The molecule has 0 spiro atoms. The van der Waals surface area contributed by atoms with E-state index in [1.165, 1.54) is 0 Å². The van der Waals surface area contributed by atoms with Gasteiger partial charge in [0.25, 0.3) is 0 Å². The highest BCUT2D eigenvalue weighted by Gasteiger charge is 2.17. The first kappa shape index (κ1) is 10.6. The summed E-state index contributed by atoms with van der Waals surface area (Å²) in [5, 5.41) is 17.8. The second-order valence-electron chi connectivity index (χ2n) is 4.18. The minimum absolute atomic E-state index is 0.482. The van der Waals surface area contributed by atoms with Crippen molar-refractivity contribution in [1.82, 2.24) is 14.6 Å². The molecule has 0 atom stereocenters. The Morgan fingerprint density at radius 1 is 1.47 bits per heavy atom. The number of rotatable bonds is 2. The number of fused-ring (bicyclic) bond motifs is 1. The number of nitrogens with zero attached hydrogens (tertiary/aromatic N) is 3. The van der Waals surface area contributed by atoms with Crippen molar-refractivity contribution in [2.75, 3.05) is 0 Å². The molecular weight excluding hydrogens is 258 g/mol. The molecule has 5 heteroatoms. The third kappa shape index (κ3) is 2.35. The zero-order chi connectivity index (χ0) is 11.1. The van der Waals surface area contributed by atoms with Gasteiger partial charge in [0.05, 0.1) is 5.60 Å². The topological polar surface area (TPSA) is 50.4 Å². The standard InChI is InChI=1S/C10H12BrN3O/c1-10(2,15)6-9-13-12-8-5-7(11)3-4-14(8)9/h3-5,15H,6H2,1-2H3. The molecule has 80 valence electrons. The SMILES string of the molecule is CC(C)(O)Cc1nnc2cc(Br)ccn12. The van der Waals surface area contributed by atoms with Crippen molar-refractivity contribution in [3.63, 3.8) is 0 Å². The maximum absolute atomic E-state index is 9.71. The summed E-state index contributed by atoms with van der Waals surface area (Å²) in [5.41, 5.74) is 0.0133. The molecule has 0 aliphatic carbocycles. The van der Waals surface area contributed by atoms with Crippen LogP contribution in [0.1, 0.15) is 19.7 Å². The number of hydrogen-bond acceptors (Lipinski definition) is 3. The fourth-order valence-corrected chi connectivity index (χ4v) is 1.75. The molecule has 15 heavy (non-hydrogen) atoms. The van der Waals surface area contributed by atoms with Crippen LogP contribution in [-0.4, -0.2) is 25.3 Å². The molecule has 0 bridgehead atoms. The fourth-order valence-electron chi connectivity index (χ4n) is 1.42. The molecule has 0 aliphatic heterocycles. The van der Waals surface area contributed by atoms with E-state index in [-0.39, 0.29) is 0 Å². The van der Waals surface area contributed by atoms with Gasteiger partial charge in [-0.3, -0.25) is 4.40 Å². The summed E-state index contributed by atoms with van der Waals surface area (Å²) in [6.07, 6.45) is 2.37. The molecular formula is C10H12BrN3O. The number of aliphatic hydroxyl groups is 1. The number of halogens is 1. The predicted molar refractivity (Wildman–Crippen MR) is 60.7 cm³/mol. The Morgan fingerprint density at radius 2 is 2.20 bits per heavy atom. The first-order valence-corrected chi connectivity index (χ1v) is 5.46. The Balaban J connectivity index is 2.45. The van der Waals surface area contributed by atoms with Crippen LogP contribution in [0.5, 0.6) is 0 Å². The highest BCUT2D eigenvalue weighted by molar-refractivity contribution is 9.10. The van der Waals surface area contributed by atoms with Gasteiger partial charge >= 0.3 is 0 Å². The fraction of sp³-hybridized carbons (Fsp3) is 0.400. The molecule has 0 saturated carbocycles. The minimum Gasteiger partial charge on any atom is -0.390 e. The molecule has 0 amide bonds. The van der Waals surface area contributed by atoms with E-state index in [9.17, 15) is 5.11 Å². The Hall–Kier alpha value is -0.940. The zero-order valence-electron chi connectivity index (χ0n) is 8.61. The van der Waals surface area contributed by atoms with Gasteiger partial charge in [-0.15, -0.1) is 10.2 Å². The molecule has 0 fully saturated rings. The third-order valence-electron chi connectivity index (χ3n) is 2.03. The quantitative estimate of drug-likeness (QED) is 0.905. The maximum atomic E-state index is 9.71. The van der Waals surface area contributed by atoms with Crippen LogP contribution in [0.15, 0.2) is 22.8 Å². The summed E-state index contributed by atoms with van der Waals surface area (Å²) in [5.74, 6) is 0.769. The van der Waals surface area contributed by atoms with E-state index in [1.54, 1.807) is 13.8 Å². The van der Waals surface area contributed by atoms with Gasteiger partial charge in [0, 0.05) is 17.1 Å². The van der Waals surface area contributed by atoms with Gasteiger partial charge < -0.3 is 5.11 Å².